The molecule has 3 heteroatoms. The minimum atomic E-state index is -0.569. The molecule has 1 unspecified atom stereocenters. The largest absolute Gasteiger partial charge is 0.365 e. The molecule has 2 N–H and O–H groups in total. The highest BCUT2D eigenvalue weighted by atomic mass is 16.3. The van der Waals surface area contributed by atoms with Gasteiger partial charge in [-0.3, -0.25) is 10.2 Å². The van der Waals surface area contributed by atoms with Gasteiger partial charge in [0.25, 0.3) is 0 Å². The van der Waals surface area contributed by atoms with Gasteiger partial charge in [-0.2, -0.15) is 0 Å². The van der Waals surface area contributed by atoms with Gasteiger partial charge in [0.2, 0.25) is 0 Å². The van der Waals surface area contributed by atoms with Crippen LogP contribution in [0.25, 0.3) is 0 Å². The summed E-state index contributed by atoms with van der Waals surface area (Å²) in [6.07, 6.45) is -0.569. The van der Waals surface area contributed by atoms with E-state index in [0.29, 0.717) is 0 Å². The lowest BCUT2D eigenvalue weighted by atomic mass is 10.2. The third-order valence-electron chi connectivity index (χ3n) is 2.08. The molecule has 1 atom stereocenters. The van der Waals surface area contributed by atoms with Crippen LogP contribution in [-0.2, 0) is 6.54 Å². The van der Waals surface area contributed by atoms with Gasteiger partial charge >= 0.3 is 0 Å². The molecule has 1 aromatic rings. The van der Waals surface area contributed by atoms with E-state index in [2.05, 4.69) is 17.4 Å². The standard InChI is InChI=1S/C11H18N2O/c1-3-12-11(14)13(2)9-10-7-5-4-6-8-10/h4-8,11-12,14H,3,9H2,1-2H3. The van der Waals surface area contributed by atoms with E-state index in [0.717, 1.165) is 13.1 Å². The van der Waals surface area contributed by atoms with Crippen molar-refractivity contribution in [3.8, 4) is 0 Å². The quantitative estimate of drug-likeness (QED) is 0.687. The Hall–Kier alpha value is -0.900. The van der Waals surface area contributed by atoms with Crippen molar-refractivity contribution in [3.63, 3.8) is 0 Å². The van der Waals surface area contributed by atoms with Gasteiger partial charge in [0, 0.05) is 6.54 Å². The molecule has 0 aromatic heterocycles. The lowest BCUT2D eigenvalue weighted by Crippen LogP contribution is -2.42. The first-order valence-electron chi connectivity index (χ1n) is 4.89. The number of aliphatic hydroxyl groups excluding tert-OH is 1. The van der Waals surface area contributed by atoms with E-state index in [4.69, 9.17) is 0 Å². The van der Waals surface area contributed by atoms with Crippen molar-refractivity contribution in [1.29, 1.82) is 0 Å². The highest BCUT2D eigenvalue weighted by molar-refractivity contribution is 5.14. The highest BCUT2D eigenvalue weighted by Gasteiger charge is 2.08. The summed E-state index contributed by atoms with van der Waals surface area (Å²) >= 11 is 0. The summed E-state index contributed by atoms with van der Waals surface area (Å²) in [4.78, 5) is 1.86. The molecule has 0 fully saturated rings. The van der Waals surface area contributed by atoms with Gasteiger partial charge in [-0.25, -0.2) is 0 Å². The fourth-order valence-electron chi connectivity index (χ4n) is 1.30. The van der Waals surface area contributed by atoms with Gasteiger partial charge in [-0.1, -0.05) is 37.3 Å². The number of hydrogen-bond acceptors (Lipinski definition) is 3. The Labute approximate surface area is 85.4 Å². The van der Waals surface area contributed by atoms with E-state index >= 15 is 0 Å². The van der Waals surface area contributed by atoms with Gasteiger partial charge in [-0.05, 0) is 19.2 Å². The van der Waals surface area contributed by atoms with E-state index in [9.17, 15) is 5.11 Å². The lowest BCUT2D eigenvalue weighted by molar-refractivity contribution is -0.00897. The van der Waals surface area contributed by atoms with Crippen LogP contribution in [0, 0.1) is 0 Å². The molecule has 1 aromatic carbocycles. The lowest BCUT2D eigenvalue weighted by Gasteiger charge is -2.23. The molecule has 0 saturated heterocycles. The van der Waals surface area contributed by atoms with Crippen LogP contribution in [0.1, 0.15) is 12.5 Å². The number of nitrogens with one attached hydrogen (secondary N) is 1. The molecule has 0 aliphatic carbocycles. The minimum Gasteiger partial charge on any atom is -0.365 e. The van der Waals surface area contributed by atoms with Crippen LogP contribution in [0.2, 0.25) is 0 Å². The van der Waals surface area contributed by atoms with Gasteiger partial charge in [-0.15, -0.1) is 0 Å². The molecule has 3 nitrogen and oxygen atoms in total. The number of nitrogens with zero attached hydrogens (tertiary/aromatic N) is 1. The summed E-state index contributed by atoms with van der Waals surface area (Å²) in [7, 11) is 1.89. The van der Waals surface area contributed by atoms with Crippen molar-refractivity contribution in [2.24, 2.45) is 0 Å². The van der Waals surface area contributed by atoms with Crippen molar-refractivity contribution in [1.82, 2.24) is 10.2 Å². The Morgan fingerprint density at radius 1 is 1.36 bits per heavy atom. The Morgan fingerprint density at radius 3 is 2.57 bits per heavy atom. The second-order valence-corrected chi connectivity index (χ2v) is 3.33. The second kappa shape index (κ2) is 5.75. The molecule has 0 amide bonds. The molecule has 0 bridgehead atoms. The Balaban J connectivity index is 2.44. The van der Waals surface area contributed by atoms with E-state index < -0.39 is 6.35 Å². The zero-order valence-electron chi connectivity index (χ0n) is 8.77. The molecule has 0 radical (unpaired) electrons. The van der Waals surface area contributed by atoms with Crippen molar-refractivity contribution < 1.29 is 5.11 Å². The van der Waals surface area contributed by atoms with E-state index in [-0.39, 0.29) is 0 Å². The first-order chi connectivity index (χ1) is 6.74. The van der Waals surface area contributed by atoms with Crippen LogP contribution in [-0.4, -0.2) is 30.0 Å². The van der Waals surface area contributed by atoms with Crippen molar-refractivity contribution >= 4 is 0 Å². The van der Waals surface area contributed by atoms with Crippen molar-refractivity contribution in [2.75, 3.05) is 13.6 Å². The van der Waals surface area contributed by atoms with Crippen LogP contribution in [0.4, 0.5) is 0 Å². The van der Waals surface area contributed by atoms with Crippen molar-refractivity contribution in [3.05, 3.63) is 35.9 Å². The molecular formula is C11H18N2O. The smallest absolute Gasteiger partial charge is 0.163 e. The fraction of sp³-hybridized carbons (Fsp3) is 0.455. The van der Waals surface area contributed by atoms with Gasteiger partial charge < -0.3 is 5.11 Å². The molecule has 0 saturated carbocycles. The van der Waals surface area contributed by atoms with E-state index in [1.54, 1.807) is 0 Å². The molecule has 14 heavy (non-hydrogen) atoms. The summed E-state index contributed by atoms with van der Waals surface area (Å²) in [6.45, 7) is 3.48. The number of rotatable bonds is 5. The summed E-state index contributed by atoms with van der Waals surface area (Å²) in [5.41, 5.74) is 1.20. The Bertz CT molecular complexity index is 251. The van der Waals surface area contributed by atoms with E-state index in [1.165, 1.54) is 5.56 Å². The monoisotopic (exact) mass is 194 g/mol. The molecule has 0 aliphatic heterocycles. The van der Waals surface area contributed by atoms with Crippen LogP contribution in [0.3, 0.4) is 0 Å². The first-order valence-corrected chi connectivity index (χ1v) is 4.89. The second-order valence-electron chi connectivity index (χ2n) is 3.33. The molecule has 1 rings (SSSR count). The van der Waals surface area contributed by atoms with Crippen LogP contribution in [0.5, 0.6) is 0 Å². The van der Waals surface area contributed by atoms with Gasteiger partial charge in [0.05, 0.1) is 0 Å². The summed E-state index contributed by atoms with van der Waals surface area (Å²) < 4.78 is 0. The maximum absolute atomic E-state index is 9.59. The number of hydrogen-bond donors (Lipinski definition) is 2. The normalized spacial score (nSPS) is 13.1. The summed E-state index contributed by atoms with van der Waals surface area (Å²) in [5, 5.41) is 12.5. The SMILES string of the molecule is CCNC(O)N(C)Cc1ccccc1. The fourth-order valence-corrected chi connectivity index (χ4v) is 1.30. The Kier molecular flexibility index (Phi) is 4.59. The van der Waals surface area contributed by atoms with Crippen LogP contribution >= 0.6 is 0 Å². The average Bonchev–Trinajstić information content (AvgIpc) is 2.19. The number of aliphatic hydroxyl groups is 1. The summed E-state index contributed by atoms with van der Waals surface area (Å²) in [6, 6.07) is 10.1. The van der Waals surface area contributed by atoms with Crippen LogP contribution in [0.15, 0.2) is 30.3 Å². The maximum Gasteiger partial charge on any atom is 0.163 e. The third-order valence-corrected chi connectivity index (χ3v) is 2.08. The van der Waals surface area contributed by atoms with Crippen molar-refractivity contribution in [2.45, 2.75) is 19.8 Å². The van der Waals surface area contributed by atoms with Gasteiger partial charge in [0.15, 0.2) is 6.35 Å². The molecular weight excluding hydrogens is 176 g/mol. The Morgan fingerprint density at radius 2 is 2.00 bits per heavy atom. The molecule has 78 valence electrons. The molecule has 0 aliphatic rings. The average molecular weight is 194 g/mol. The summed E-state index contributed by atoms with van der Waals surface area (Å²) in [5.74, 6) is 0. The molecule has 0 spiro atoms. The predicted octanol–water partition coefficient (Wildman–Crippen LogP) is 1.00. The van der Waals surface area contributed by atoms with Crippen LogP contribution < -0.4 is 5.32 Å². The highest BCUT2D eigenvalue weighted by Crippen LogP contribution is 2.03. The first kappa shape index (κ1) is 11.2. The predicted molar refractivity (Wildman–Crippen MR) is 57.6 cm³/mol. The third kappa shape index (κ3) is 3.46. The number of benzene rings is 1. The zero-order chi connectivity index (χ0) is 10.4. The minimum absolute atomic E-state index is 0.569. The topological polar surface area (TPSA) is 35.5 Å². The molecule has 0 heterocycles. The maximum atomic E-state index is 9.59. The zero-order valence-corrected chi connectivity index (χ0v) is 8.77. The van der Waals surface area contributed by atoms with E-state index in [1.807, 2.05) is 37.1 Å². The van der Waals surface area contributed by atoms with Gasteiger partial charge in [0.1, 0.15) is 0 Å².